The van der Waals surface area contributed by atoms with E-state index in [0.717, 1.165) is 43.9 Å². The molecule has 1 amide bonds. The minimum atomic E-state index is 0.0732. The third kappa shape index (κ3) is 3.12. The Morgan fingerprint density at radius 2 is 2.00 bits per heavy atom. The van der Waals surface area contributed by atoms with Gasteiger partial charge in [-0.2, -0.15) is 5.26 Å². The number of rotatable bonds is 3. The topological polar surface area (TPSA) is 60.5 Å². The van der Waals surface area contributed by atoms with Gasteiger partial charge in [0.1, 0.15) is 11.8 Å². The van der Waals surface area contributed by atoms with E-state index in [2.05, 4.69) is 11.0 Å². The third-order valence-corrected chi connectivity index (χ3v) is 5.19. The number of nitrogens with zero attached hydrogens (tertiary/aromatic N) is 3. The van der Waals surface area contributed by atoms with Crippen molar-refractivity contribution in [2.45, 2.75) is 18.8 Å². The molecule has 1 saturated carbocycles. The van der Waals surface area contributed by atoms with E-state index in [0.29, 0.717) is 12.1 Å². The van der Waals surface area contributed by atoms with Gasteiger partial charge in [-0.15, -0.1) is 0 Å². The molecular formula is C20H21N3O2. The highest BCUT2D eigenvalue weighted by molar-refractivity contribution is 5.83. The molecule has 5 heteroatoms. The van der Waals surface area contributed by atoms with Gasteiger partial charge in [-0.05, 0) is 37.1 Å². The lowest BCUT2D eigenvalue weighted by Crippen LogP contribution is -2.36. The Balaban J connectivity index is 1.40. The second kappa shape index (κ2) is 6.64. The van der Waals surface area contributed by atoms with Crippen molar-refractivity contribution in [1.82, 2.24) is 4.90 Å². The van der Waals surface area contributed by atoms with E-state index in [1.54, 1.807) is 6.26 Å². The highest BCUT2D eigenvalue weighted by Gasteiger charge is 2.47. The summed E-state index contributed by atoms with van der Waals surface area (Å²) in [6, 6.07) is 13.8. The van der Waals surface area contributed by atoms with Gasteiger partial charge in [0, 0.05) is 38.0 Å². The van der Waals surface area contributed by atoms with E-state index in [9.17, 15) is 10.1 Å². The second-order valence-corrected chi connectivity index (χ2v) is 6.76. The van der Waals surface area contributed by atoms with Crippen molar-refractivity contribution in [3.05, 3.63) is 54.0 Å². The number of carbonyl (C=O) groups is 1. The summed E-state index contributed by atoms with van der Waals surface area (Å²) in [6.07, 6.45) is 3.49. The van der Waals surface area contributed by atoms with Gasteiger partial charge >= 0.3 is 0 Å². The summed E-state index contributed by atoms with van der Waals surface area (Å²) in [6.45, 7) is 3.13. The molecule has 128 valence electrons. The van der Waals surface area contributed by atoms with E-state index < -0.39 is 0 Å². The quantitative estimate of drug-likeness (QED) is 0.865. The number of carbonyl (C=O) groups excluding carboxylic acids is 1. The molecule has 0 radical (unpaired) electrons. The number of para-hydroxylation sites is 1. The number of anilines is 1. The summed E-state index contributed by atoms with van der Waals surface area (Å²) < 4.78 is 5.44. The predicted octanol–water partition coefficient (Wildman–Crippen LogP) is 2.99. The molecule has 2 fully saturated rings. The highest BCUT2D eigenvalue weighted by Crippen LogP contribution is 2.48. The summed E-state index contributed by atoms with van der Waals surface area (Å²) in [5, 5.41) is 9.31. The predicted molar refractivity (Wildman–Crippen MR) is 94.1 cm³/mol. The molecule has 0 unspecified atom stereocenters. The van der Waals surface area contributed by atoms with Gasteiger partial charge in [0.2, 0.25) is 5.91 Å². The summed E-state index contributed by atoms with van der Waals surface area (Å²) in [7, 11) is 0. The molecule has 0 spiro atoms. The lowest BCUT2D eigenvalue weighted by Gasteiger charge is -2.24. The lowest BCUT2D eigenvalue weighted by atomic mass is 10.1. The fraction of sp³-hybridized carbons (Fsp3) is 0.400. The van der Waals surface area contributed by atoms with E-state index >= 15 is 0 Å². The normalized spacial score (nSPS) is 23.0. The first-order chi connectivity index (χ1) is 12.3. The molecule has 0 bridgehead atoms. The van der Waals surface area contributed by atoms with Crippen molar-refractivity contribution >= 4 is 11.6 Å². The molecule has 0 N–H and O–H groups in total. The number of furan rings is 1. The smallest absolute Gasteiger partial charge is 0.226 e. The van der Waals surface area contributed by atoms with Crippen LogP contribution in [0.15, 0.2) is 47.1 Å². The Kier molecular flexibility index (Phi) is 4.19. The largest absolute Gasteiger partial charge is 0.469 e. The van der Waals surface area contributed by atoms with Crippen molar-refractivity contribution in [2.24, 2.45) is 5.92 Å². The van der Waals surface area contributed by atoms with Crippen molar-refractivity contribution in [1.29, 1.82) is 5.26 Å². The van der Waals surface area contributed by atoms with Crippen LogP contribution in [0.2, 0.25) is 0 Å². The van der Waals surface area contributed by atoms with Crippen LogP contribution in [0, 0.1) is 17.2 Å². The standard InChI is InChI=1S/C20H21N3O2/c21-14-15-5-1-2-6-18(15)22-8-4-9-23(11-10-22)20(24)17-13-16(17)19-7-3-12-25-19/h1-3,5-7,12,16-17H,4,8-11,13H2/t16-,17-/m0/s1. The van der Waals surface area contributed by atoms with E-state index in [1.807, 2.05) is 41.3 Å². The van der Waals surface area contributed by atoms with Crippen LogP contribution in [0.25, 0.3) is 0 Å². The van der Waals surface area contributed by atoms with Gasteiger partial charge in [0.25, 0.3) is 0 Å². The first kappa shape index (κ1) is 15.8. The monoisotopic (exact) mass is 335 g/mol. The molecule has 4 rings (SSSR count). The lowest BCUT2D eigenvalue weighted by molar-refractivity contribution is -0.132. The number of amides is 1. The summed E-state index contributed by atoms with van der Waals surface area (Å²) >= 11 is 0. The van der Waals surface area contributed by atoms with Crippen LogP contribution in [0.3, 0.4) is 0 Å². The molecule has 2 heterocycles. The van der Waals surface area contributed by atoms with Gasteiger partial charge in [-0.3, -0.25) is 4.79 Å². The number of hydrogen-bond donors (Lipinski definition) is 0. The van der Waals surface area contributed by atoms with Crippen LogP contribution in [0.4, 0.5) is 5.69 Å². The van der Waals surface area contributed by atoms with Crippen molar-refractivity contribution in [2.75, 3.05) is 31.1 Å². The molecule has 2 atom stereocenters. The first-order valence-corrected chi connectivity index (χ1v) is 8.84. The molecule has 5 nitrogen and oxygen atoms in total. The SMILES string of the molecule is N#Cc1ccccc1N1CCCN(C(=O)[C@H]2C[C@@H]2c2ccco2)CC1. The van der Waals surface area contributed by atoms with Crippen molar-refractivity contribution in [3.63, 3.8) is 0 Å². The van der Waals surface area contributed by atoms with Gasteiger partial charge in [0.15, 0.2) is 0 Å². The Morgan fingerprint density at radius 1 is 1.12 bits per heavy atom. The van der Waals surface area contributed by atoms with E-state index in [1.165, 1.54) is 0 Å². The van der Waals surface area contributed by atoms with Crippen LogP contribution in [-0.2, 0) is 4.79 Å². The first-order valence-electron chi connectivity index (χ1n) is 8.84. The fourth-order valence-electron chi connectivity index (χ4n) is 3.74. The molecule has 1 saturated heterocycles. The Bertz CT molecular complexity index is 794. The zero-order valence-corrected chi connectivity index (χ0v) is 14.1. The van der Waals surface area contributed by atoms with Crippen molar-refractivity contribution < 1.29 is 9.21 Å². The third-order valence-electron chi connectivity index (χ3n) is 5.19. The molecule has 25 heavy (non-hydrogen) atoms. The maximum Gasteiger partial charge on any atom is 0.226 e. The number of benzene rings is 1. The highest BCUT2D eigenvalue weighted by atomic mass is 16.3. The second-order valence-electron chi connectivity index (χ2n) is 6.76. The summed E-state index contributed by atoms with van der Waals surface area (Å²) in [5.41, 5.74) is 1.67. The minimum Gasteiger partial charge on any atom is -0.469 e. The molecule has 2 aliphatic rings. The van der Waals surface area contributed by atoms with Crippen molar-refractivity contribution in [3.8, 4) is 6.07 Å². The zero-order valence-electron chi connectivity index (χ0n) is 14.1. The summed E-state index contributed by atoms with van der Waals surface area (Å²) in [4.78, 5) is 17.0. The average molecular weight is 335 g/mol. The van der Waals surface area contributed by atoms with Crippen LogP contribution in [0.1, 0.15) is 30.1 Å². The molecule has 1 aliphatic heterocycles. The van der Waals surface area contributed by atoms with Gasteiger partial charge < -0.3 is 14.2 Å². The minimum absolute atomic E-state index is 0.0732. The Labute approximate surface area is 147 Å². The molecule has 2 aromatic rings. The maximum absolute atomic E-state index is 12.8. The Hall–Kier alpha value is -2.74. The van der Waals surface area contributed by atoms with E-state index in [-0.39, 0.29) is 17.7 Å². The molecule has 1 aliphatic carbocycles. The van der Waals surface area contributed by atoms with Gasteiger partial charge in [-0.25, -0.2) is 0 Å². The molecular weight excluding hydrogens is 314 g/mol. The van der Waals surface area contributed by atoms with Crippen LogP contribution in [0.5, 0.6) is 0 Å². The number of hydrogen-bond acceptors (Lipinski definition) is 4. The fourth-order valence-corrected chi connectivity index (χ4v) is 3.74. The molecule has 1 aromatic carbocycles. The maximum atomic E-state index is 12.8. The average Bonchev–Trinajstić information content (AvgIpc) is 3.34. The van der Waals surface area contributed by atoms with Crippen LogP contribution >= 0.6 is 0 Å². The van der Waals surface area contributed by atoms with Crippen LogP contribution < -0.4 is 4.90 Å². The zero-order chi connectivity index (χ0) is 17.2. The summed E-state index contributed by atoms with van der Waals surface area (Å²) in [5.74, 6) is 1.50. The van der Waals surface area contributed by atoms with E-state index in [4.69, 9.17) is 4.42 Å². The van der Waals surface area contributed by atoms with Crippen LogP contribution in [-0.4, -0.2) is 37.0 Å². The van der Waals surface area contributed by atoms with Gasteiger partial charge in [-0.1, -0.05) is 12.1 Å². The van der Waals surface area contributed by atoms with Gasteiger partial charge in [0.05, 0.1) is 17.5 Å². The Morgan fingerprint density at radius 3 is 2.80 bits per heavy atom. The number of nitriles is 1. The molecule has 1 aromatic heterocycles.